The Balaban J connectivity index is 1.53. The zero-order valence-electron chi connectivity index (χ0n) is 17.1. The lowest BCUT2D eigenvalue weighted by molar-refractivity contribution is -0.137. The number of para-hydroxylation sites is 2. The molecule has 0 aliphatic carbocycles. The molecule has 0 atom stereocenters. The van der Waals surface area contributed by atoms with Gasteiger partial charge < -0.3 is 10.5 Å². The first-order valence-electron chi connectivity index (χ1n) is 9.91. The van der Waals surface area contributed by atoms with Gasteiger partial charge in [0.15, 0.2) is 0 Å². The second kappa shape index (κ2) is 8.63. The molecule has 4 aromatic carbocycles. The van der Waals surface area contributed by atoms with Gasteiger partial charge in [-0.25, -0.2) is 0 Å². The second-order valence-electron chi connectivity index (χ2n) is 7.30. The average Bonchev–Trinajstić information content (AvgIpc) is 2.80. The minimum atomic E-state index is -4.34. The minimum Gasteiger partial charge on any atom is -0.455 e. The summed E-state index contributed by atoms with van der Waals surface area (Å²) >= 11 is 0. The van der Waals surface area contributed by atoms with Crippen LogP contribution in [0.25, 0.3) is 28.0 Å². The van der Waals surface area contributed by atoms with Crippen LogP contribution in [-0.4, -0.2) is 0 Å². The quantitative estimate of drug-likeness (QED) is 0.260. The van der Waals surface area contributed by atoms with Gasteiger partial charge in [0.2, 0.25) is 0 Å². The first kappa shape index (κ1) is 21.2. The standard InChI is InChI=1S/C27H20F3NO/c1-18(32-26-8-3-2-7-25(26)31)22-5-4-6-23(17-22)21-11-9-19(10-12-21)20-13-15-24(16-14-20)27(28,29)30/h2-17H,1,31H2. The molecule has 2 nitrogen and oxygen atoms in total. The summed E-state index contributed by atoms with van der Waals surface area (Å²) in [4.78, 5) is 0. The molecule has 4 aromatic rings. The van der Waals surface area contributed by atoms with Crippen molar-refractivity contribution in [1.29, 1.82) is 0 Å². The van der Waals surface area contributed by atoms with Crippen LogP contribution in [-0.2, 0) is 6.18 Å². The average molecular weight is 431 g/mol. The Hall–Kier alpha value is -3.99. The molecule has 0 saturated heterocycles. The molecule has 0 spiro atoms. The van der Waals surface area contributed by atoms with E-state index in [0.29, 0.717) is 17.2 Å². The first-order chi connectivity index (χ1) is 15.3. The normalized spacial score (nSPS) is 11.2. The molecule has 0 bridgehead atoms. The van der Waals surface area contributed by atoms with Crippen LogP contribution in [0.1, 0.15) is 11.1 Å². The van der Waals surface area contributed by atoms with Crippen molar-refractivity contribution in [2.24, 2.45) is 0 Å². The molecule has 0 amide bonds. The molecule has 0 radical (unpaired) electrons. The fourth-order valence-electron chi connectivity index (χ4n) is 3.34. The molecule has 0 unspecified atom stereocenters. The van der Waals surface area contributed by atoms with Gasteiger partial charge in [-0.1, -0.05) is 73.3 Å². The van der Waals surface area contributed by atoms with Crippen LogP contribution >= 0.6 is 0 Å². The molecule has 160 valence electrons. The van der Waals surface area contributed by atoms with E-state index >= 15 is 0 Å². The molecule has 5 heteroatoms. The molecular weight excluding hydrogens is 411 g/mol. The molecule has 0 aliphatic rings. The Labute approximate surface area is 184 Å². The number of hydrogen-bond donors (Lipinski definition) is 1. The number of benzene rings is 4. The monoisotopic (exact) mass is 431 g/mol. The summed E-state index contributed by atoms with van der Waals surface area (Å²) in [7, 11) is 0. The summed E-state index contributed by atoms with van der Waals surface area (Å²) in [5, 5.41) is 0. The lowest BCUT2D eigenvalue weighted by Gasteiger charge is -2.12. The zero-order valence-corrected chi connectivity index (χ0v) is 17.1. The van der Waals surface area contributed by atoms with Crippen molar-refractivity contribution >= 4 is 11.4 Å². The first-order valence-corrected chi connectivity index (χ1v) is 9.91. The predicted molar refractivity (Wildman–Crippen MR) is 123 cm³/mol. The van der Waals surface area contributed by atoms with Crippen molar-refractivity contribution in [2.45, 2.75) is 6.18 Å². The topological polar surface area (TPSA) is 35.2 Å². The molecule has 4 rings (SSSR count). The van der Waals surface area contributed by atoms with Gasteiger partial charge in [0.05, 0.1) is 11.3 Å². The van der Waals surface area contributed by atoms with Crippen molar-refractivity contribution in [3.8, 4) is 28.0 Å². The molecule has 0 fully saturated rings. The zero-order chi connectivity index (χ0) is 22.7. The van der Waals surface area contributed by atoms with E-state index in [1.807, 2.05) is 60.7 Å². The third-order valence-corrected chi connectivity index (χ3v) is 5.10. The van der Waals surface area contributed by atoms with Crippen molar-refractivity contribution in [1.82, 2.24) is 0 Å². The van der Waals surface area contributed by atoms with Gasteiger partial charge in [-0.05, 0) is 52.6 Å². The van der Waals surface area contributed by atoms with Crippen LogP contribution < -0.4 is 10.5 Å². The number of rotatable bonds is 5. The summed E-state index contributed by atoms with van der Waals surface area (Å²) in [5.41, 5.74) is 10.1. The van der Waals surface area contributed by atoms with Crippen LogP contribution in [0.5, 0.6) is 5.75 Å². The maximum absolute atomic E-state index is 12.8. The van der Waals surface area contributed by atoms with Crippen molar-refractivity contribution in [3.63, 3.8) is 0 Å². The van der Waals surface area contributed by atoms with Gasteiger partial charge in [-0.3, -0.25) is 0 Å². The maximum Gasteiger partial charge on any atom is 0.416 e. The van der Waals surface area contributed by atoms with Crippen LogP contribution in [0.3, 0.4) is 0 Å². The van der Waals surface area contributed by atoms with E-state index < -0.39 is 11.7 Å². The maximum atomic E-state index is 12.8. The number of nitrogen functional groups attached to an aromatic ring is 1. The smallest absolute Gasteiger partial charge is 0.416 e. The van der Waals surface area contributed by atoms with Crippen molar-refractivity contribution in [3.05, 3.63) is 115 Å². The van der Waals surface area contributed by atoms with Crippen LogP contribution in [0.15, 0.2) is 104 Å². The third kappa shape index (κ3) is 4.67. The lowest BCUT2D eigenvalue weighted by Crippen LogP contribution is -2.03. The molecule has 2 N–H and O–H groups in total. The van der Waals surface area contributed by atoms with Crippen LogP contribution in [0.2, 0.25) is 0 Å². The molecule has 0 aliphatic heterocycles. The highest BCUT2D eigenvalue weighted by atomic mass is 19.4. The summed E-state index contributed by atoms with van der Waals surface area (Å²) in [5.74, 6) is 1.02. The van der Waals surface area contributed by atoms with Crippen LogP contribution in [0.4, 0.5) is 18.9 Å². The highest BCUT2D eigenvalue weighted by Crippen LogP contribution is 2.32. The Bertz CT molecular complexity index is 1240. The number of hydrogen-bond acceptors (Lipinski definition) is 2. The van der Waals surface area contributed by atoms with Gasteiger partial charge in [0.25, 0.3) is 0 Å². The molecule has 0 heterocycles. The van der Waals surface area contributed by atoms with Gasteiger partial charge in [0, 0.05) is 5.56 Å². The molecule has 32 heavy (non-hydrogen) atoms. The number of halogens is 3. The molecule has 0 saturated carbocycles. The van der Waals surface area contributed by atoms with E-state index in [1.165, 1.54) is 12.1 Å². The largest absolute Gasteiger partial charge is 0.455 e. The summed E-state index contributed by atoms with van der Waals surface area (Å²) in [6, 6.07) is 27.8. The highest BCUT2D eigenvalue weighted by molar-refractivity contribution is 5.74. The minimum absolute atomic E-state index is 0.478. The number of nitrogens with two attached hydrogens (primary N) is 1. The fraction of sp³-hybridized carbons (Fsp3) is 0.0370. The van der Waals surface area contributed by atoms with Crippen molar-refractivity contribution < 1.29 is 17.9 Å². The Morgan fingerprint density at radius 1 is 0.688 bits per heavy atom. The molecule has 0 aromatic heterocycles. The van der Waals surface area contributed by atoms with E-state index in [-0.39, 0.29) is 0 Å². The highest BCUT2D eigenvalue weighted by Gasteiger charge is 2.29. The Morgan fingerprint density at radius 3 is 1.84 bits per heavy atom. The fourth-order valence-corrected chi connectivity index (χ4v) is 3.34. The SMILES string of the molecule is C=C(Oc1ccccc1N)c1cccc(-c2ccc(-c3ccc(C(F)(F)F)cc3)cc2)c1. The Kier molecular flexibility index (Phi) is 5.73. The van der Waals surface area contributed by atoms with E-state index in [2.05, 4.69) is 6.58 Å². The Morgan fingerprint density at radius 2 is 1.25 bits per heavy atom. The molecular formula is C27H20F3NO. The number of ether oxygens (including phenoxy) is 1. The summed E-state index contributed by atoms with van der Waals surface area (Å²) in [6.07, 6.45) is -4.34. The predicted octanol–water partition coefficient (Wildman–Crippen LogP) is 7.67. The van der Waals surface area contributed by atoms with Crippen LogP contribution in [0, 0.1) is 0 Å². The number of anilines is 1. The van der Waals surface area contributed by atoms with E-state index in [9.17, 15) is 13.2 Å². The second-order valence-corrected chi connectivity index (χ2v) is 7.30. The summed E-state index contributed by atoms with van der Waals surface area (Å²) in [6.45, 7) is 4.02. The van der Waals surface area contributed by atoms with Gasteiger partial charge >= 0.3 is 6.18 Å². The van der Waals surface area contributed by atoms with Crippen molar-refractivity contribution in [2.75, 3.05) is 5.73 Å². The van der Waals surface area contributed by atoms with E-state index in [0.717, 1.165) is 39.9 Å². The number of alkyl halides is 3. The lowest BCUT2D eigenvalue weighted by atomic mass is 9.98. The summed E-state index contributed by atoms with van der Waals surface area (Å²) < 4.78 is 44.2. The van der Waals surface area contributed by atoms with Gasteiger partial charge in [-0.2, -0.15) is 13.2 Å². The van der Waals surface area contributed by atoms with Gasteiger partial charge in [0.1, 0.15) is 11.5 Å². The van der Waals surface area contributed by atoms with E-state index in [1.54, 1.807) is 12.1 Å². The van der Waals surface area contributed by atoms with Gasteiger partial charge in [-0.15, -0.1) is 0 Å². The third-order valence-electron chi connectivity index (χ3n) is 5.10. The van der Waals surface area contributed by atoms with E-state index in [4.69, 9.17) is 10.5 Å².